The van der Waals surface area contributed by atoms with Crippen molar-refractivity contribution in [2.45, 2.75) is 25.7 Å². The van der Waals surface area contributed by atoms with Crippen molar-refractivity contribution in [2.75, 3.05) is 40.1 Å². The van der Waals surface area contributed by atoms with Gasteiger partial charge in [-0.2, -0.15) is 0 Å². The quantitative estimate of drug-likeness (QED) is 0.325. The number of hydrogen-bond acceptors (Lipinski definition) is 4. The first-order valence-corrected chi connectivity index (χ1v) is 8.76. The van der Waals surface area contributed by atoms with Gasteiger partial charge in [0.1, 0.15) is 12.4 Å². The van der Waals surface area contributed by atoms with Crippen molar-refractivity contribution in [3.8, 4) is 17.2 Å². The summed E-state index contributed by atoms with van der Waals surface area (Å²) in [5, 5.41) is 3.41. The third kappa shape index (κ3) is 3.91. The average Bonchev–Trinajstić information content (AvgIpc) is 3.21. The number of ether oxygens (including phenoxy) is 3. The maximum atomic E-state index is 5.79. The first kappa shape index (κ1) is 18.4. The van der Waals surface area contributed by atoms with E-state index in [2.05, 4.69) is 15.2 Å². The predicted molar refractivity (Wildman–Crippen MR) is 107 cm³/mol. The molecule has 7 heteroatoms. The van der Waals surface area contributed by atoms with E-state index < -0.39 is 0 Å². The largest absolute Gasteiger partial charge is 0.492 e. The van der Waals surface area contributed by atoms with Crippen LogP contribution in [0.15, 0.2) is 23.2 Å². The predicted octanol–water partition coefficient (Wildman–Crippen LogP) is 2.86. The molecule has 25 heavy (non-hydrogen) atoms. The molecule has 1 N–H and O–H groups in total. The molecule has 3 aliphatic rings. The molecule has 2 aliphatic heterocycles. The highest BCUT2D eigenvalue weighted by Gasteiger charge is 2.43. The molecule has 0 unspecified atom stereocenters. The molecule has 0 aromatic heterocycles. The third-order valence-electron chi connectivity index (χ3n) is 5.36. The smallest absolute Gasteiger partial charge is 0.231 e. The van der Waals surface area contributed by atoms with Crippen LogP contribution in [0, 0.1) is 5.41 Å². The van der Waals surface area contributed by atoms with Crippen molar-refractivity contribution >= 4 is 29.9 Å². The van der Waals surface area contributed by atoms with E-state index in [1.54, 1.807) is 0 Å². The lowest BCUT2D eigenvalue weighted by Gasteiger charge is -2.38. The van der Waals surface area contributed by atoms with E-state index in [9.17, 15) is 0 Å². The summed E-state index contributed by atoms with van der Waals surface area (Å²) in [5.41, 5.74) is 0.584. The standard InChI is InChI=1S/C18H25N3O3.HI/c1-19-17(21-9-7-18(12-21)5-2-6-18)20-8-10-22-14-3-4-15-16(11-14)24-13-23-15;/h3-4,11H,2,5-10,12-13H2,1H3,(H,19,20);1H. The second-order valence-electron chi connectivity index (χ2n) is 6.86. The molecular formula is C18H26IN3O3. The number of guanidine groups is 1. The summed E-state index contributed by atoms with van der Waals surface area (Å²) >= 11 is 0. The molecule has 1 saturated carbocycles. The van der Waals surface area contributed by atoms with Gasteiger partial charge in [-0.15, -0.1) is 24.0 Å². The fourth-order valence-electron chi connectivity index (χ4n) is 3.83. The molecule has 1 spiro atoms. The Morgan fingerprint density at radius 1 is 1.28 bits per heavy atom. The van der Waals surface area contributed by atoms with Crippen LogP contribution in [0.4, 0.5) is 0 Å². The van der Waals surface area contributed by atoms with E-state index in [1.807, 2.05) is 25.2 Å². The topological polar surface area (TPSA) is 55.3 Å². The zero-order valence-electron chi connectivity index (χ0n) is 14.6. The van der Waals surface area contributed by atoms with Gasteiger partial charge in [-0.05, 0) is 36.8 Å². The molecule has 0 amide bonds. The molecular weight excluding hydrogens is 433 g/mol. The highest BCUT2D eigenvalue weighted by Crippen LogP contribution is 2.47. The van der Waals surface area contributed by atoms with Crippen LogP contribution in [0.5, 0.6) is 17.2 Å². The molecule has 2 fully saturated rings. The van der Waals surface area contributed by atoms with Crippen molar-refractivity contribution < 1.29 is 14.2 Å². The van der Waals surface area contributed by atoms with Crippen LogP contribution < -0.4 is 19.5 Å². The summed E-state index contributed by atoms with van der Waals surface area (Å²) < 4.78 is 16.5. The van der Waals surface area contributed by atoms with E-state index >= 15 is 0 Å². The number of hydrogen-bond donors (Lipinski definition) is 1. The molecule has 0 atom stereocenters. The molecule has 6 nitrogen and oxygen atoms in total. The first-order valence-electron chi connectivity index (χ1n) is 8.76. The Balaban J connectivity index is 0.00000182. The van der Waals surface area contributed by atoms with Gasteiger partial charge in [0, 0.05) is 26.2 Å². The van der Waals surface area contributed by atoms with Crippen molar-refractivity contribution in [3.05, 3.63) is 18.2 Å². The minimum atomic E-state index is 0. The second-order valence-corrected chi connectivity index (χ2v) is 6.86. The van der Waals surface area contributed by atoms with Crippen LogP contribution in [0.25, 0.3) is 0 Å². The molecule has 1 aromatic carbocycles. The lowest BCUT2D eigenvalue weighted by atomic mass is 9.68. The Hall–Kier alpha value is -1.38. The summed E-state index contributed by atoms with van der Waals surface area (Å²) in [4.78, 5) is 6.81. The van der Waals surface area contributed by atoms with E-state index in [1.165, 1.54) is 25.7 Å². The minimum absolute atomic E-state index is 0. The molecule has 4 rings (SSSR count). The summed E-state index contributed by atoms with van der Waals surface area (Å²) in [6.07, 6.45) is 5.46. The second kappa shape index (κ2) is 7.88. The molecule has 0 radical (unpaired) electrons. The summed E-state index contributed by atoms with van der Waals surface area (Å²) in [6.45, 7) is 3.86. The van der Waals surface area contributed by atoms with E-state index in [0.717, 1.165) is 42.8 Å². The molecule has 2 heterocycles. The van der Waals surface area contributed by atoms with Crippen LogP contribution in [-0.2, 0) is 0 Å². The lowest BCUT2D eigenvalue weighted by molar-refractivity contribution is 0.151. The summed E-state index contributed by atoms with van der Waals surface area (Å²) in [6, 6.07) is 5.66. The first-order chi connectivity index (χ1) is 11.8. The van der Waals surface area contributed by atoms with Crippen LogP contribution >= 0.6 is 24.0 Å². The van der Waals surface area contributed by atoms with Gasteiger partial charge >= 0.3 is 0 Å². The van der Waals surface area contributed by atoms with Crippen molar-refractivity contribution in [2.24, 2.45) is 10.4 Å². The van der Waals surface area contributed by atoms with Crippen LogP contribution in [0.2, 0.25) is 0 Å². The van der Waals surface area contributed by atoms with Gasteiger partial charge in [0.05, 0.1) is 6.54 Å². The number of halogens is 1. The molecule has 0 bridgehead atoms. The monoisotopic (exact) mass is 459 g/mol. The van der Waals surface area contributed by atoms with Gasteiger partial charge in [-0.3, -0.25) is 4.99 Å². The van der Waals surface area contributed by atoms with E-state index in [4.69, 9.17) is 14.2 Å². The molecule has 1 saturated heterocycles. The Bertz CT molecular complexity index is 634. The molecule has 1 aromatic rings. The van der Waals surface area contributed by atoms with Crippen molar-refractivity contribution in [1.82, 2.24) is 10.2 Å². The number of benzene rings is 1. The number of nitrogens with one attached hydrogen (secondary N) is 1. The Labute approximate surface area is 165 Å². The summed E-state index contributed by atoms with van der Waals surface area (Å²) in [7, 11) is 1.85. The Kier molecular flexibility index (Phi) is 5.81. The van der Waals surface area contributed by atoms with Gasteiger partial charge < -0.3 is 24.4 Å². The fraction of sp³-hybridized carbons (Fsp3) is 0.611. The number of likely N-dealkylation sites (tertiary alicyclic amines) is 1. The molecule has 138 valence electrons. The number of aliphatic imine (C=N–C) groups is 1. The zero-order chi connectivity index (χ0) is 16.4. The van der Waals surface area contributed by atoms with Gasteiger partial charge in [-0.1, -0.05) is 6.42 Å². The third-order valence-corrected chi connectivity index (χ3v) is 5.36. The van der Waals surface area contributed by atoms with Gasteiger partial charge in [0.2, 0.25) is 6.79 Å². The zero-order valence-corrected chi connectivity index (χ0v) is 17.0. The van der Waals surface area contributed by atoms with E-state index in [0.29, 0.717) is 12.0 Å². The van der Waals surface area contributed by atoms with Crippen molar-refractivity contribution in [1.29, 1.82) is 0 Å². The van der Waals surface area contributed by atoms with Crippen LogP contribution in [-0.4, -0.2) is 50.9 Å². The maximum Gasteiger partial charge on any atom is 0.231 e. The number of fused-ring (bicyclic) bond motifs is 1. The highest BCUT2D eigenvalue weighted by molar-refractivity contribution is 14.0. The number of nitrogens with zero attached hydrogens (tertiary/aromatic N) is 2. The van der Waals surface area contributed by atoms with Gasteiger partial charge in [0.25, 0.3) is 0 Å². The van der Waals surface area contributed by atoms with Gasteiger partial charge in [-0.25, -0.2) is 0 Å². The normalized spacial score (nSPS) is 20.2. The fourth-order valence-corrected chi connectivity index (χ4v) is 3.83. The summed E-state index contributed by atoms with van der Waals surface area (Å²) in [5.74, 6) is 3.32. The maximum absolute atomic E-state index is 5.79. The van der Waals surface area contributed by atoms with Crippen molar-refractivity contribution in [3.63, 3.8) is 0 Å². The lowest BCUT2D eigenvalue weighted by Crippen LogP contribution is -2.43. The molecule has 1 aliphatic carbocycles. The van der Waals surface area contributed by atoms with Crippen LogP contribution in [0.3, 0.4) is 0 Å². The van der Waals surface area contributed by atoms with Crippen LogP contribution in [0.1, 0.15) is 25.7 Å². The van der Waals surface area contributed by atoms with E-state index in [-0.39, 0.29) is 30.8 Å². The minimum Gasteiger partial charge on any atom is -0.492 e. The number of rotatable bonds is 4. The average molecular weight is 459 g/mol. The Morgan fingerprint density at radius 2 is 2.12 bits per heavy atom. The highest BCUT2D eigenvalue weighted by atomic mass is 127. The Morgan fingerprint density at radius 3 is 2.84 bits per heavy atom. The SMILES string of the molecule is CN=C(NCCOc1ccc2c(c1)OCO2)N1CCC2(CCC2)C1.I. The van der Waals surface area contributed by atoms with Gasteiger partial charge in [0.15, 0.2) is 17.5 Å².